The molecule has 2 amide bonds. The molecule has 0 saturated carbocycles. The topological polar surface area (TPSA) is 62.3 Å². The highest BCUT2D eigenvalue weighted by Gasteiger charge is 2.20. The Balaban J connectivity index is 1.66. The smallest absolute Gasteiger partial charge is 0.244 e. The number of hydrogen-bond acceptors (Lipinski definition) is 4. The molecule has 9 heteroatoms. The first-order valence-electron chi connectivity index (χ1n) is 10.0. The highest BCUT2D eigenvalue weighted by molar-refractivity contribution is 7.13. The number of anilines is 1. The van der Waals surface area contributed by atoms with Gasteiger partial charge in [0.05, 0.1) is 24.3 Å². The van der Waals surface area contributed by atoms with Gasteiger partial charge in [-0.3, -0.25) is 9.59 Å². The number of rotatable bonds is 8. The van der Waals surface area contributed by atoms with Gasteiger partial charge < -0.3 is 10.2 Å². The van der Waals surface area contributed by atoms with Gasteiger partial charge in [0.25, 0.3) is 0 Å². The van der Waals surface area contributed by atoms with Crippen molar-refractivity contribution in [2.45, 2.75) is 26.7 Å². The fourth-order valence-corrected chi connectivity index (χ4v) is 3.93. The van der Waals surface area contributed by atoms with Gasteiger partial charge in [0, 0.05) is 17.5 Å². The second-order valence-electron chi connectivity index (χ2n) is 7.28. The van der Waals surface area contributed by atoms with Gasteiger partial charge in [0.15, 0.2) is 17.5 Å². The van der Waals surface area contributed by atoms with Gasteiger partial charge in [0.1, 0.15) is 5.01 Å². The molecule has 1 heterocycles. The van der Waals surface area contributed by atoms with Crippen LogP contribution in [0.25, 0.3) is 10.6 Å². The summed E-state index contributed by atoms with van der Waals surface area (Å²) in [5.41, 5.74) is 2.17. The van der Waals surface area contributed by atoms with Crippen LogP contribution in [0, 0.1) is 24.4 Å². The van der Waals surface area contributed by atoms with Gasteiger partial charge in [-0.15, -0.1) is 11.3 Å². The lowest BCUT2D eigenvalue weighted by Crippen LogP contribution is -2.39. The van der Waals surface area contributed by atoms with Crippen LogP contribution >= 0.6 is 11.3 Å². The second-order valence-corrected chi connectivity index (χ2v) is 8.13. The number of thiazole rings is 1. The number of nitrogens with zero attached hydrogens (tertiary/aromatic N) is 2. The molecule has 1 N–H and O–H groups in total. The predicted octanol–water partition coefficient (Wildman–Crippen LogP) is 4.96. The Labute approximate surface area is 187 Å². The molecule has 0 unspecified atom stereocenters. The van der Waals surface area contributed by atoms with Crippen molar-refractivity contribution in [1.29, 1.82) is 0 Å². The number of amides is 2. The predicted molar refractivity (Wildman–Crippen MR) is 118 cm³/mol. The molecule has 0 bridgehead atoms. The summed E-state index contributed by atoms with van der Waals surface area (Å²) >= 11 is 1.43. The Morgan fingerprint density at radius 2 is 1.91 bits per heavy atom. The van der Waals surface area contributed by atoms with E-state index in [-0.39, 0.29) is 18.9 Å². The maximum absolute atomic E-state index is 13.8. The summed E-state index contributed by atoms with van der Waals surface area (Å²) in [5, 5.41) is 4.79. The highest BCUT2D eigenvalue weighted by Crippen LogP contribution is 2.25. The maximum Gasteiger partial charge on any atom is 0.244 e. The minimum atomic E-state index is -1.67. The van der Waals surface area contributed by atoms with Gasteiger partial charge in [-0.1, -0.05) is 30.7 Å². The molecule has 3 rings (SSSR count). The average Bonchev–Trinajstić information content (AvgIpc) is 3.22. The lowest BCUT2D eigenvalue weighted by Gasteiger charge is -2.21. The average molecular weight is 462 g/mol. The molecule has 0 fully saturated rings. The zero-order valence-electron chi connectivity index (χ0n) is 17.6. The minimum absolute atomic E-state index is 0.00906. The van der Waals surface area contributed by atoms with Crippen LogP contribution in [0.15, 0.2) is 41.8 Å². The fraction of sp³-hybridized carbons (Fsp3) is 0.261. The Morgan fingerprint density at radius 1 is 1.12 bits per heavy atom. The quantitative estimate of drug-likeness (QED) is 0.483. The summed E-state index contributed by atoms with van der Waals surface area (Å²) in [6.07, 6.45) is 0.610. The van der Waals surface area contributed by atoms with E-state index in [2.05, 4.69) is 10.3 Å². The number of carbonyl (C=O) groups is 2. The number of aryl methyl sites for hydroxylation is 1. The van der Waals surface area contributed by atoms with Crippen molar-refractivity contribution in [3.8, 4) is 10.6 Å². The van der Waals surface area contributed by atoms with E-state index >= 15 is 0 Å². The first-order chi connectivity index (χ1) is 15.3. The minimum Gasteiger partial charge on any atom is -0.333 e. The molecule has 0 saturated heterocycles. The van der Waals surface area contributed by atoms with Crippen molar-refractivity contribution in [2.75, 3.05) is 18.4 Å². The SMILES string of the molecule is CCCN(CC(=O)Nc1ccc(F)c(F)c1F)C(=O)Cc1csc(-c2cccc(C)c2)n1. The van der Waals surface area contributed by atoms with E-state index in [1.165, 1.54) is 16.2 Å². The first kappa shape index (κ1) is 23.5. The van der Waals surface area contributed by atoms with Gasteiger partial charge in [-0.05, 0) is 31.5 Å². The molecule has 3 aromatic rings. The molecular formula is C23H22F3N3O2S. The van der Waals surface area contributed by atoms with Crippen molar-refractivity contribution >= 4 is 28.8 Å². The van der Waals surface area contributed by atoms with E-state index in [4.69, 9.17) is 0 Å². The first-order valence-corrected chi connectivity index (χ1v) is 10.9. The Kier molecular flexibility index (Phi) is 7.63. The van der Waals surface area contributed by atoms with E-state index in [0.29, 0.717) is 18.7 Å². The molecule has 2 aromatic carbocycles. The Morgan fingerprint density at radius 3 is 2.62 bits per heavy atom. The third kappa shape index (κ3) is 5.73. The molecule has 0 aliphatic heterocycles. The lowest BCUT2D eigenvalue weighted by molar-refractivity contribution is -0.134. The molecule has 0 aliphatic carbocycles. The summed E-state index contributed by atoms with van der Waals surface area (Å²) in [7, 11) is 0. The van der Waals surface area contributed by atoms with Crippen molar-refractivity contribution < 1.29 is 22.8 Å². The molecule has 0 aliphatic rings. The number of carbonyl (C=O) groups excluding carboxylic acids is 2. The van der Waals surface area contributed by atoms with Crippen molar-refractivity contribution in [2.24, 2.45) is 0 Å². The monoisotopic (exact) mass is 461 g/mol. The molecule has 0 spiro atoms. The van der Waals surface area contributed by atoms with Crippen LogP contribution in [-0.4, -0.2) is 34.8 Å². The van der Waals surface area contributed by atoms with Crippen LogP contribution < -0.4 is 5.32 Å². The summed E-state index contributed by atoms with van der Waals surface area (Å²) in [6, 6.07) is 9.53. The Bertz CT molecular complexity index is 1130. The van der Waals surface area contributed by atoms with E-state index in [9.17, 15) is 22.8 Å². The van der Waals surface area contributed by atoms with Crippen molar-refractivity contribution in [3.05, 3.63) is 70.5 Å². The summed E-state index contributed by atoms with van der Waals surface area (Å²) in [4.78, 5) is 31.0. The summed E-state index contributed by atoms with van der Waals surface area (Å²) in [6.45, 7) is 3.80. The zero-order valence-corrected chi connectivity index (χ0v) is 18.4. The third-order valence-electron chi connectivity index (χ3n) is 4.64. The third-order valence-corrected chi connectivity index (χ3v) is 5.58. The summed E-state index contributed by atoms with van der Waals surface area (Å²) in [5.74, 6) is -5.53. The molecule has 0 atom stereocenters. The van der Waals surface area contributed by atoms with Crippen LogP contribution in [0.4, 0.5) is 18.9 Å². The number of aromatic nitrogens is 1. The van der Waals surface area contributed by atoms with Gasteiger partial charge in [-0.2, -0.15) is 0 Å². The molecule has 32 heavy (non-hydrogen) atoms. The standard InChI is InChI=1S/C23H22F3N3O2S/c1-3-9-29(12-19(30)28-18-8-7-17(24)21(25)22(18)26)20(31)11-16-13-32-23(27-16)15-6-4-5-14(2)10-15/h4-8,10,13H,3,9,11-12H2,1-2H3,(H,28,30). The van der Waals surface area contributed by atoms with Gasteiger partial charge >= 0.3 is 0 Å². The molecule has 5 nitrogen and oxygen atoms in total. The van der Waals surface area contributed by atoms with E-state index < -0.39 is 29.0 Å². The van der Waals surface area contributed by atoms with Crippen LogP contribution in [0.3, 0.4) is 0 Å². The molecule has 0 radical (unpaired) electrons. The molecule has 1 aromatic heterocycles. The van der Waals surface area contributed by atoms with Gasteiger partial charge in [-0.25, -0.2) is 18.2 Å². The number of halogens is 3. The van der Waals surface area contributed by atoms with Crippen LogP contribution in [0.5, 0.6) is 0 Å². The number of benzene rings is 2. The molecule has 168 valence electrons. The maximum atomic E-state index is 13.8. The Hall–Kier alpha value is -3.20. The summed E-state index contributed by atoms with van der Waals surface area (Å²) < 4.78 is 40.2. The van der Waals surface area contributed by atoms with E-state index in [0.717, 1.165) is 28.3 Å². The van der Waals surface area contributed by atoms with Crippen LogP contribution in [-0.2, 0) is 16.0 Å². The zero-order chi connectivity index (χ0) is 23.3. The van der Waals surface area contributed by atoms with Crippen molar-refractivity contribution in [3.63, 3.8) is 0 Å². The second kappa shape index (κ2) is 10.4. The van der Waals surface area contributed by atoms with Gasteiger partial charge in [0.2, 0.25) is 11.8 Å². The highest BCUT2D eigenvalue weighted by atomic mass is 32.1. The fourth-order valence-electron chi connectivity index (χ4n) is 3.11. The largest absolute Gasteiger partial charge is 0.333 e. The lowest BCUT2D eigenvalue weighted by atomic mass is 10.1. The number of nitrogens with one attached hydrogen (secondary N) is 1. The molecular weight excluding hydrogens is 439 g/mol. The number of hydrogen-bond donors (Lipinski definition) is 1. The van der Waals surface area contributed by atoms with Crippen LogP contribution in [0.1, 0.15) is 24.6 Å². The van der Waals surface area contributed by atoms with Crippen molar-refractivity contribution in [1.82, 2.24) is 9.88 Å². The van der Waals surface area contributed by atoms with E-state index in [1.807, 2.05) is 38.1 Å². The van der Waals surface area contributed by atoms with E-state index in [1.54, 1.807) is 5.38 Å². The van der Waals surface area contributed by atoms with Crippen LogP contribution in [0.2, 0.25) is 0 Å². The normalized spacial score (nSPS) is 10.8.